The normalized spacial score (nSPS) is 12.2. The molecule has 0 saturated heterocycles. The van der Waals surface area contributed by atoms with E-state index < -0.39 is 0 Å². The number of benzene rings is 2. The van der Waals surface area contributed by atoms with E-state index in [1.165, 1.54) is 6.07 Å². The van der Waals surface area contributed by atoms with Gasteiger partial charge in [0.05, 0.1) is 6.61 Å². The smallest absolute Gasteiger partial charge is 0.132 e. The Kier molecular flexibility index (Phi) is 4.37. The second-order valence-corrected chi connectivity index (χ2v) is 4.84. The molecule has 0 saturated carbocycles. The highest BCUT2D eigenvalue weighted by molar-refractivity contribution is 5.43. The van der Waals surface area contributed by atoms with Crippen molar-refractivity contribution in [3.63, 3.8) is 0 Å². The van der Waals surface area contributed by atoms with Crippen LogP contribution in [-0.4, -0.2) is 5.11 Å². The van der Waals surface area contributed by atoms with Gasteiger partial charge in [0.1, 0.15) is 17.3 Å². The van der Waals surface area contributed by atoms with Crippen LogP contribution in [0.2, 0.25) is 0 Å². The minimum absolute atomic E-state index is 0.0558. The number of aryl methyl sites for hydroxylation is 1. The van der Waals surface area contributed by atoms with Crippen LogP contribution in [0.5, 0.6) is 11.5 Å². The standard InChI is InChI=1S/C16H18FNO2/c1-10-6-16(14(11(2)18)8-15(10)17)20-13-5-3-4-12(7-13)9-19/h3-8,11,19H,9,18H2,1-2H3/t11-/m0/s1. The Morgan fingerprint density at radius 2 is 2.05 bits per heavy atom. The van der Waals surface area contributed by atoms with Crippen LogP contribution < -0.4 is 10.5 Å². The first-order valence-corrected chi connectivity index (χ1v) is 6.44. The van der Waals surface area contributed by atoms with Crippen LogP contribution in [0, 0.1) is 12.7 Å². The summed E-state index contributed by atoms with van der Waals surface area (Å²) >= 11 is 0. The molecule has 0 bridgehead atoms. The minimum Gasteiger partial charge on any atom is -0.457 e. The van der Waals surface area contributed by atoms with Crippen LogP contribution in [0.3, 0.4) is 0 Å². The average Bonchev–Trinajstić information content (AvgIpc) is 2.42. The van der Waals surface area contributed by atoms with Gasteiger partial charge >= 0.3 is 0 Å². The molecule has 106 valence electrons. The van der Waals surface area contributed by atoms with Crippen LogP contribution in [0.25, 0.3) is 0 Å². The number of nitrogens with two attached hydrogens (primary N) is 1. The van der Waals surface area contributed by atoms with Gasteiger partial charge in [-0.15, -0.1) is 0 Å². The second-order valence-electron chi connectivity index (χ2n) is 4.84. The summed E-state index contributed by atoms with van der Waals surface area (Å²) in [4.78, 5) is 0. The number of hydrogen-bond acceptors (Lipinski definition) is 3. The van der Waals surface area contributed by atoms with Crippen LogP contribution in [0.1, 0.15) is 29.7 Å². The molecular formula is C16H18FNO2. The summed E-state index contributed by atoms with van der Waals surface area (Å²) < 4.78 is 19.4. The van der Waals surface area contributed by atoms with Gasteiger partial charge in [-0.1, -0.05) is 12.1 Å². The van der Waals surface area contributed by atoms with Crippen molar-refractivity contribution in [3.05, 3.63) is 58.9 Å². The summed E-state index contributed by atoms with van der Waals surface area (Å²) in [6.07, 6.45) is 0. The quantitative estimate of drug-likeness (QED) is 0.898. The highest BCUT2D eigenvalue weighted by Gasteiger charge is 2.13. The van der Waals surface area contributed by atoms with Gasteiger partial charge in [0.25, 0.3) is 0 Å². The minimum atomic E-state index is -0.332. The van der Waals surface area contributed by atoms with E-state index in [0.717, 1.165) is 5.56 Å². The Morgan fingerprint density at radius 1 is 1.30 bits per heavy atom. The predicted molar refractivity (Wildman–Crippen MR) is 76.2 cm³/mol. The molecule has 3 N–H and O–H groups in total. The molecule has 0 spiro atoms. The van der Waals surface area contributed by atoms with E-state index in [2.05, 4.69) is 0 Å². The maximum absolute atomic E-state index is 13.6. The Hall–Kier alpha value is -1.91. The topological polar surface area (TPSA) is 55.5 Å². The highest BCUT2D eigenvalue weighted by Crippen LogP contribution is 2.31. The van der Waals surface area contributed by atoms with Crippen molar-refractivity contribution in [2.24, 2.45) is 5.73 Å². The van der Waals surface area contributed by atoms with Crippen LogP contribution in [0.15, 0.2) is 36.4 Å². The van der Waals surface area contributed by atoms with Gasteiger partial charge in [-0.2, -0.15) is 0 Å². The Bertz CT molecular complexity index is 611. The lowest BCUT2D eigenvalue weighted by Gasteiger charge is -2.15. The third-order valence-corrected chi connectivity index (χ3v) is 3.09. The molecular weight excluding hydrogens is 257 g/mol. The third kappa shape index (κ3) is 3.15. The summed E-state index contributed by atoms with van der Waals surface area (Å²) in [6.45, 7) is 3.40. The van der Waals surface area contributed by atoms with Gasteiger partial charge in [0.15, 0.2) is 0 Å². The van der Waals surface area contributed by atoms with Gasteiger partial charge in [0.2, 0.25) is 0 Å². The molecule has 2 aromatic rings. The maximum atomic E-state index is 13.6. The number of hydrogen-bond donors (Lipinski definition) is 2. The Labute approximate surface area is 117 Å². The average molecular weight is 275 g/mol. The first kappa shape index (κ1) is 14.5. The van der Waals surface area contributed by atoms with Crippen LogP contribution >= 0.6 is 0 Å². The lowest BCUT2D eigenvalue weighted by Crippen LogP contribution is -2.08. The number of aliphatic hydroxyl groups excluding tert-OH is 1. The highest BCUT2D eigenvalue weighted by atomic mass is 19.1. The summed E-state index contributed by atoms with van der Waals surface area (Å²) in [5.41, 5.74) is 7.73. The first-order chi connectivity index (χ1) is 9.51. The van der Waals surface area contributed by atoms with Crippen molar-refractivity contribution in [1.82, 2.24) is 0 Å². The molecule has 4 heteroatoms. The number of rotatable bonds is 4. The number of aliphatic hydroxyl groups is 1. The number of halogens is 1. The van der Waals surface area contributed by atoms with Crippen molar-refractivity contribution in [3.8, 4) is 11.5 Å². The molecule has 0 fully saturated rings. The molecule has 0 aliphatic rings. The van der Waals surface area contributed by atoms with Gasteiger partial charge < -0.3 is 15.6 Å². The lowest BCUT2D eigenvalue weighted by atomic mass is 10.0. The molecule has 0 aromatic heterocycles. The fourth-order valence-electron chi connectivity index (χ4n) is 1.95. The van der Waals surface area contributed by atoms with Crippen molar-refractivity contribution in [2.45, 2.75) is 26.5 Å². The largest absolute Gasteiger partial charge is 0.457 e. The van der Waals surface area contributed by atoms with Gasteiger partial charge in [-0.05, 0) is 49.2 Å². The van der Waals surface area contributed by atoms with Crippen molar-refractivity contribution in [2.75, 3.05) is 0 Å². The number of ether oxygens (including phenoxy) is 1. The summed E-state index contributed by atoms with van der Waals surface area (Å²) in [6, 6.07) is 9.83. The molecule has 0 radical (unpaired) electrons. The zero-order valence-corrected chi connectivity index (χ0v) is 11.6. The molecule has 3 nitrogen and oxygen atoms in total. The van der Waals surface area contributed by atoms with E-state index in [-0.39, 0.29) is 18.5 Å². The summed E-state index contributed by atoms with van der Waals surface area (Å²) in [5.74, 6) is 0.826. The SMILES string of the molecule is Cc1cc(Oc2cccc(CO)c2)c([C@H](C)N)cc1F. The predicted octanol–water partition coefficient (Wildman–Crippen LogP) is 3.44. The van der Waals surface area contributed by atoms with Crippen LogP contribution in [-0.2, 0) is 6.61 Å². The van der Waals surface area contributed by atoms with E-state index >= 15 is 0 Å². The Balaban J connectivity index is 2.39. The summed E-state index contributed by atoms with van der Waals surface area (Å²) in [5, 5.41) is 9.13. The maximum Gasteiger partial charge on any atom is 0.132 e. The zero-order valence-electron chi connectivity index (χ0n) is 11.6. The molecule has 20 heavy (non-hydrogen) atoms. The molecule has 2 rings (SSSR count). The zero-order chi connectivity index (χ0) is 14.7. The second kappa shape index (κ2) is 6.03. The van der Waals surface area contributed by atoms with E-state index in [1.807, 2.05) is 0 Å². The van der Waals surface area contributed by atoms with Gasteiger partial charge in [-0.25, -0.2) is 4.39 Å². The lowest BCUT2D eigenvalue weighted by molar-refractivity contribution is 0.281. The first-order valence-electron chi connectivity index (χ1n) is 6.44. The van der Waals surface area contributed by atoms with Crippen molar-refractivity contribution >= 4 is 0 Å². The van der Waals surface area contributed by atoms with E-state index in [9.17, 15) is 4.39 Å². The van der Waals surface area contributed by atoms with Gasteiger partial charge in [0, 0.05) is 11.6 Å². The molecule has 0 amide bonds. The van der Waals surface area contributed by atoms with Crippen LogP contribution in [0.4, 0.5) is 4.39 Å². The van der Waals surface area contributed by atoms with Crippen molar-refractivity contribution in [1.29, 1.82) is 0 Å². The van der Waals surface area contributed by atoms with Gasteiger partial charge in [-0.3, -0.25) is 0 Å². The monoisotopic (exact) mass is 275 g/mol. The molecule has 2 aromatic carbocycles. The Morgan fingerprint density at radius 3 is 2.70 bits per heavy atom. The fourth-order valence-corrected chi connectivity index (χ4v) is 1.95. The third-order valence-electron chi connectivity index (χ3n) is 3.09. The molecule has 0 aliphatic heterocycles. The van der Waals surface area contributed by atoms with Crippen molar-refractivity contribution < 1.29 is 14.2 Å². The van der Waals surface area contributed by atoms with E-state index in [1.54, 1.807) is 44.2 Å². The van der Waals surface area contributed by atoms with E-state index in [0.29, 0.717) is 22.6 Å². The summed E-state index contributed by atoms with van der Waals surface area (Å²) in [7, 11) is 0. The molecule has 0 aliphatic carbocycles. The van der Waals surface area contributed by atoms with E-state index in [4.69, 9.17) is 15.6 Å². The fraction of sp³-hybridized carbons (Fsp3) is 0.250. The molecule has 1 atom stereocenters. The molecule has 0 heterocycles. The molecule has 0 unspecified atom stereocenters.